The standard InChI is InChI=1S/C22H24N6O2/c1-22(2,3)26-21(29)30-17-11-24-20-19(17)25-15(10-23-20)18-14-9-13(12-5-6-12)7-8-16(14)28(4)27-18/h7-12H,5-6H2,1-4H3,(H,23,24)(H,26,29). The van der Waals surface area contributed by atoms with Crippen molar-refractivity contribution in [1.82, 2.24) is 30.0 Å². The molecule has 8 nitrogen and oxygen atoms in total. The number of H-pyrrole nitrogens is 1. The van der Waals surface area contributed by atoms with Crippen LogP contribution in [0.25, 0.3) is 33.5 Å². The largest absolute Gasteiger partial charge is 0.413 e. The van der Waals surface area contributed by atoms with Crippen LogP contribution in [0.15, 0.2) is 30.6 Å². The molecule has 2 N–H and O–H groups in total. The van der Waals surface area contributed by atoms with Crippen LogP contribution in [-0.2, 0) is 7.05 Å². The van der Waals surface area contributed by atoms with Crippen LogP contribution in [0.1, 0.15) is 45.1 Å². The van der Waals surface area contributed by atoms with Crippen molar-refractivity contribution in [2.75, 3.05) is 0 Å². The minimum atomic E-state index is -0.534. The molecule has 1 aromatic carbocycles. The minimum absolute atomic E-state index is 0.333. The Hall–Kier alpha value is -3.42. The Morgan fingerprint density at radius 1 is 1.30 bits per heavy atom. The summed E-state index contributed by atoms with van der Waals surface area (Å²) in [5.74, 6) is 0.988. The first-order chi connectivity index (χ1) is 14.3. The SMILES string of the molecule is Cn1nc(-c2cnc3[nH]cc(OC(=O)NC(C)(C)C)c3n2)c2cc(C3CC3)ccc21. The summed E-state index contributed by atoms with van der Waals surface area (Å²) in [5, 5.41) is 8.53. The van der Waals surface area contributed by atoms with Gasteiger partial charge in [0.1, 0.15) is 11.4 Å². The molecule has 0 aliphatic heterocycles. The number of aromatic nitrogens is 5. The second-order valence-corrected chi connectivity index (χ2v) is 8.89. The lowest BCUT2D eigenvalue weighted by Crippen LogP contribution is -2.42. The number of ether oxygens (including phenoxy) is 1. The number of benzene rings is 1. The topological polar surface area (TPSA) is 97.7 Å². The summed E-state index contributed by atoms with van der Waals surface area (Å²) in [6.45, 7) is 5.68. The summed E-state index contributed by atoms with van der Waals surface area (Å²) >= 11 is 0. The molecule has 1 fully saturated rings. The number of hydrogen-bond acceptors (Lipinski definition) is 5. The van der Waals surface area contributed by atoms with E-state index in [0.717, 1.165) is 16.6 Å². The maximum atomic E-state index is 12.2. The van der Waals surface area contributed by atoms with Crippen LogP contribution in [0.4, 0.5) is 4.79 Å². The molecule has 1 aliphatic carbocycles. The lowest BCUT2D eigenvalue weighted by Gasteiger charge is -2.19. The third-order valence-corrected chi connectivity index (χ3v) is 5.19. The zero-order valence-electron chi connectivity index (χ0n) is 17.5. The zero-order chi connectivity index (χ0) is 21.0. The summed E-state index contributed by atoms with van der Waals surface area (Å²) in [6, 6.07) is 6.52. The Bertz CT molecular complexity index is 1280. The number of hydrogen-bond donors (Lipinski definition) is 2. The van der Waals surface area contributed by atoms with Gasteiger partial charge in [-0.25, -0.2) is 14.8 Å². The van der Waals surface area contributed by atoms with Crippen molar-refractivity contribution in [1.29, 1.82) is 0 Å². The molecule has 0 spiro atoms. The quantitative estimate of drug-likeness (QED) is 0.531. The lowest BCUT2D eigenvalue weighted by molar-refractivity contribution is 0.191. The van der Waals surface area contributed by atoms with Crippen LogP contribution in [-0.4, -0.2) is 36.4 Å². The van der Waals surface area contributed by atoms with Crippen LogP contribution >= 0.6 is 0 Å². The van der Waals surface area contributed by atoms with Crippen molar-refractivity contribution in [3.63, 3.8) is 0 Å². The fourth-order valence-corrected chi connectivity index (χ4v) is 3.64. The Labute approximate surface area is 173 Å². The molecule has 30 heavy (non-hydrogen) atoms. The fraction of sp³-hybridized carbons (Fsp3) is 0.364. The van der Waals surface area contributed by atoms with Crippen molar-refractivity contribution < 1.29 is 9.53 Å². The first-order valence-corrected chi connectivity index (χ1v) is 10.1. The normalized spacial score (nSPS) is 14.4. The molecule has 0 unspecified atom stereocenters. The summed E-state index contributed by atoms with van der Waals surface area (Å²) in [7, 11) is 1.93. The number of carbonyl (C=O) groups excluding carboxylic acids is 1. The van der Waals surface area contributed by atoms with Gasteiger partial charge in [0.25, 0.3) is 0 Å². The Morgan fingerprint density at radius 3 is 2.83 bits per heavy atom. The second kappa shape index (κ2) is 6.55. The van der Waals surface area contributed by atoms with Crippen LogP contribution in [0, 0.1) is 0 Å². The monoisotopic (exact) mass is 404 g/mol. The van der Waals surface area contributed by atoms with E-state index < -0.39 is 11.6 Å². The molecule has 1 saturated carbocycles. The fourth-order valence-electron chi connectivity index (χ4n) is 3.64. The smallest absolute Gasteiger partial charge is 0.406 e. The summed E-state index contributed by atoms with van der Waals surface area (Å²) in [5.41, 5.74) is 4.45. The van der Waals surface area contributed by atoms with E-state index in [1.165, 1.54) is 18.4 Å². The maximum absolute atomic E-state index is 12.2. The molecular formula is C22H24N6O2. The van der Waals surface area contributed by atoms with Crippen molar-refractivity contribution >= 4 is 28.2 Å². The van der Waals surface area contributed by atoms with Crippen molar-refractivity contribution in [3.8, 4) is 17.1 Å². The van der Waals surface area contributed by atoms with Crippen LogP contribution in [0.5, 0.6) is 5.75 Å². The number of fused-ring (bicyclic) bond motifs is 2. The molecule has 8 heteroatoms. The Morgan fingerprint density at radius 2 is 2.10 bits per heavy atom. The third-order valence-electron chi connectivity index (χ3n) is 5.19. The lowest BCUT2D eigenvalue weighted by atomic mass is 10.1. The van der Waals surface area contributed by atoms with Crippen LogP contribution in [0.2, 0.25) is 0 Å². The minimum Gasteiger partial charge on any atom is -0.406 e. The molecular weight excluding hydrogens is 380 g/mol. The van der Waals surface area contributed by atoms with E-state index in [4.69, 9.17) is 14.8 Å². The summed E-state index contributed by atoms with van der Waals surface area (Å²) in [4.78, 5) is 24.4. The van der Waals surface area contributed by atoms with Crippen LogP contribution < -0.4 is 10.1 Å². The number of nitrogens with zero attached hydrogens (tertiary/aromatic N) is 4. The molecule has 3 aromatic heterocycles. The van der Waals surface area contributed by atoms with Gasteiger partial charge in [-0.2, -0.15) is 5.10 Å². The molecule has 154 valence electrons. The van der Waals surface area contributed by atoms with E-state index in [1.807, 2.05) is 32.5 Å². The third kappa shape index (κ3) is 3.38. The molecule has 5 rings (SSSR count). The van der Waals surface area contributed by atoms with Crippen LogP contribution in [0.3, 0.4) is 0 Å². The number of nitrogens with one attached hydrogen (secondary N) is 2. The zero-order valence-corrected chi connectivity index (χ0v) is 17.5. The molecule has 1 amide bonds. The molecule has 0 radical (unpaired) electrons. The van der Waals surface area contributed by atoms with E-state index >= 15 is 0 Å². The molecule has 4 aromatic rings. The van der Waals surface area contributed by atoms with Gasteiger partial charge in [-0.3, -0.25) is 4.68 Å². The average Bonchev–Trinajstić information content (AvgIpc) is 3.39. The van der Waals surface area contributed by atoms with Gasteiger partial charge in [-0.05, 0) is 57.2 Å². The van der Waals surface area contributed by atoms with Crippen molar-refractivity contribution in [2.24, 2.45) is 7.05 Å². The highest BCUT2D eigenvalue weighted by Crippen LogP contribution is 2.42. The highest BCUT2D eigenvalue weighted by Gasteiger charge is 2.25. The Kier molecular flexibility index (Phi) is 4.06. The van der Waals surface area contributed by atoms with Crippen molar-refractivity contribution in [2.45, 2.75) is 45.1 Å². The number of rotatable bonds is 3. The molecule has 0 bridgehead atoms. The average molecular weight is 404 g/mol. The second-order valence-electron chi connectivity index (χ2n) is 8.89. The van der Waals surface area contributed by atoms with E-state index in [0.29, 0.717) is 28.5 Å². The van der Waals surface area contributed by atoms with Gasteiger partial charge in [-0.1, -0.05) is 6.07 Å². The van der Waals surface area contributed by atoms with Gasteiger partial charge in [0.15, 0.2) is 16.9 Å². The summed E-state index contributed by atoms with van der Waals surface area (Å²) < 4.78 is 7.34. The van der Waals surface area contributed by atoms with Gasteiger partial charge in [-0.15, -0.1) is 0 Å². The molecule has 1 aliphatic rings. The Balaban J connectivity index is 1.55. The predicted molar refractivity (Wildman–Crippen MR) is 114 cm³/mol. The van der Waals surface area contributed by atoms with E-state index in [2.05, 4.69) is 33.5 Å². The first-order valence-electron chi connectivity index (χ1n) is 10.1. The van der Waals surface area contributed by atoms with E-state index in [1.54, 1.807) is 12.4 Å². The maximum Gasteiger partial charge on any atom is 0.413 e. The number of carbonyl (C=O) groups is 1. The predicted octanol–water partition coefficient (Wildman–Crippen LogP) is 4.28. The van der Waals surface area contributed by atoms with Crippen molar-refractivity contribution in [3.05, 3.63) is 36.2 Å². The molecule has 0 saturated heterocycles. The first kappa shape index (κ1) is 18.6. The number of aromatic amines is 1. The van der Waals surface area contributed by atoms with Gasteiger partial charge in [0, 0.05) is 24.2 Å². The number of aryl methyl sites for hydroxylation is 1. The van der Waals surface area contributed by atoms with Gasteiger partial charge in [0.05, 0.1) is 11.7 Å². The van der Waals surface area contributed by atoms with Gasteiger partial charge in [0.2, 0.25) is 0 Å². The number of amides is 1. The highest BCUT2D eigenvalue weighted by atomic mass is 16.6. The molecule has 3 heterocycles. The van der Waals surface area contributed by atoms with Gasteiger partial charge >= 0.3 is 6.09 Å². The van der Waals surface area contributed by atoms with E-state index in [-0.39, 0.29) is 0 Å². The molecule has 0 atom stereocenters. The van der Waals surface area contributed by atoms with Gasteiger partial charge < -0.3 is 15.0 Å². The van der Waals surface area contributed by atoms with E-state index in [9.17, 15) is 4.79 Å². The summed E-state index contributed by atoms with van der Waals surface area (Å²) in [6.07, 6.45) is 5.25. The highest BCUT2D eigenvalue weighted by molar-refractivity contribution is 5.94.